The smallest absolute Gasteiger partial charge is 0.198 e. The number of furan rings is 1. The molecule has 0 amide bonds. The van der Waals surface area contributed by atoms with Crippen LogP contribution in [0.3, 0.4) is 0 Å². The number of nitrogens with zero attached hydrogens (tertiary/aromatic N) is 2. The van der Waals surface area contributed by atoms with Crippen LogP contribution in [0.5, 0.6) is 0 Å². The van der Waals surface area contributed by atoms with E-state index in [4.69, 9.17) is 4.42 Å². The molecule has 0 bridgehead atoms. The topological polar surface area (TPSA) is 33.3 Å². The summed E-state index contributed by atoms with van der Waals surface area (Å²) in [5.74, 6) is 0.864. The van der Waals surface area contributed by atoms with Gasteiger partial charge < -0.3 is 19.2 Å². The van der Waals surface area contributed by atoms with Gasteiger partial charge in [-0.05, 0) is 90.7 Å². The van der Waals surface area contributed by atoms with Crippen molar-refractivity contribution in [2.75, 3.05) is 10.2 Å². The molecule has 4 nitrogen and oxygen atoms in total. The first-order valence-electron chi connectivity index (χ1n) is 19.1. The van der Waals surface area contributed by atoms with Crippen LogP contribution < -0.4 is 21.1 Å². The van der Waals surface area contributed by atoms with Crippen molar-refractivity contribution < 1.29 is 4.42 Å². The first-order valence-corrected chi connectivity index (χ1v) is 19.1. The Morgan fingerprint density at radius 2 is 1.27 bits per heavy atom. The average molecular weight is 717 g/mol. The summed E-state index contributed by atoms with van der Waals surface area (Å²) < 4.78 is 9.05. The minimum Gasteiger partial charge on any atom is -0.456 e. The maximum atomic E-state index is 6.56. The molecule has 0 spiro atoms. The molecule has 0 saturated carbocycles. The minimum atomic E-state index is 0.864. The van der Waals surface area contributed by atoms with Crippen molar-refractivity contribution in [3.8, 4) is 28.1 Å². The molecule has 11 rings (SSSR count). The molecule has 56 heavy (non-hydrogen) atoms. The van der Waals surface area contributed by atoms with Gasteiger partial charge in [-0.15, -0.1) is 0 Å². The molecule has 0 saturated heterocycles. The Morgan fingerprint density at radius 3 is 2.02 bits per heavy atom. The van der Waals surface area contributed by atoms with Crippen LogP contribution in [0, 0.1) is 6.92 Å². The summed E-state index contributed by atoms with van der Waals surface area (Å²) in [6.45, 7) is 2.12. The van der Waals surface area contributed by atoms with E-state index in [0.717, 1.165) is 78.5 Å². The number of hydrogen-bond acceptors (Lipinski definition) is 3. The van der Waals surface area contributed by atoms with Gasteiger partial charge in [0.15, 0.2) is 7.28 Å². The maximum absolute atomic E-state index is 6.56. The van der Waals surface area contributed by atoms with E-state index in [2.05, 4.69) is 211 Å². The lowest BCUT2D eigenvalue weighted by molar-refractivity contribution is 0.632. The fraction of sp³-hybridized carbons (Fsp3) is 0.0196. The quantitative estimate of drug-likeness (QED) is 0.167. The lowest BCUT2D eigenvalue weighted by Gasteiger charge is -2.30. The lowest BCUT2D eigenvalue weighted by atomic mass is 9.59. The van der Waals surface area contributed by atoms with Gasteiger partial charge in [0.2, 0.25) is 0 Å². The summed E-state index contributed by atoms with van der Waals surface area (Å²) in [6.07, 6.45) is 0. The van der Waals surface area contributed by atoms with Gasteiger partial charge in [0.05, 0.1) is 16.7 Å². The molecule has 0 unspecified atom stereocenters. The van der Waals surface area contributed by atoms with E-state index >= 15 is 0 Å². The highest BCUT2D eigenvalue weighted by molar-refractivity contribution is 6.74. The standard InChI is InChI=1S/C51H35BN3O/c1-33-25-27-36(28-26-33)53-43-23-13-11-21-39(43)41-31-46(54(37-17-7-3-8-18-37)38-19-9-4-10-20-38)49-40-22-12-14-24-44(40)55-45-29-35-30-47(34-15-5-2-6-16-34)56-48(35)32-42(45)52-50(41)51(49)55/h2-32,53H,1H3. The van der Waals surface area contributed by atoms with E-state index in [1.807, 2.05) is 6.07 Å². The van der Waals surface area contributed by atoms with E-state index in [1.165, 1.54) is 27.3 Å². The van der Waals surface area contributed by atoms with E-state index in [9.17, 15) is 0 Å². The Morgan fingerprint density at radius 1 is 0.607 bits per heavy atom. The lowest BCUT2D eigenvalue weighted by Crippen LogP contribution is -2.37. The second kappa shape index (κ2) is 13.0. The van der Waals surface area contributed by atoms with Gasteiger partial charge in [0, 0.05) is 55.7 Å². The molecule has 263 valence electrons. The summed E-state index contributed by atoms with van der Waals surface area (Å²) in [5, 5.41) is 7.26. The Labute approximate surface area is 326 Å². The predicted octanol–water partition coefficient (Wildman–Crippen LogP) is 12.4. The highest BCUT2D eigenvalue weighted by Gasteiger charge is 2.31. The number of aryl methyl sites for hydroxylation is 1. The highest BCUT2D eigenvalue weighted by atomic mass is 16.3. The average Bonchev–Trinajstić information content (AvgIpc) is 3.83. The summed E-state index contributed by atoms with van der Waals surface area (Å²) in [4.78, 5) is 2.41. The zero-order valence-electron chi connectivity index (χ0n) is 30.8. The normalized spacial score (nSPS) is 11.8. The van der Waals surface area contributed by atoms with Crippen molar-refractivity contribution in [2.24, 2.45) is 0 Å². The molecule has 8 aromatic carbocycles. The Balaban J connectivity index is 1.24. The van der Waals surface area contributed by atoms with Crippen LogP contribution in [0.25, 0.3) is 60.9 Å². The predicted molar refractivity (Wildman–Crippen MR) is 236 cm³/mol. The number of benzene rings is 8. The number of fused-ring (bicyclic) bond motifs is 6. The van der Waals surface area contributed by atoms with Gasteiger partial charge >= 0.3 is 0 Å². The van der Waals surface area contributed by atoms with Crippen molar-refractivity contribution in [3.63, 3.8) is 0 Å². The van der Waals surface area contributed by atoms with E-state index in [-0.39, 0.29) is 0 Å². The fourth-order valence-corrected chi connectivity index (χ4v) is 8.46. The molecule has 0 atom stereocenters. The van der Waals surface area contributed by atoms with Gasteiger partial charge in [0.25, 0.3) is 0 Å². The second-order valence-electron chi connectivity index (χ2n) is 14.5. The van der Waals surface area contributed by atoms with Gasteiger partial charge in [-0.25, -0.2) is 0 Å². The third-order valence-electron chi connectivity index (χ3n) is 11.0. The maximum Gasteiger partial charge on any atom is 0.198 e. The summed E-state index contributed by atoms with van der Waals surface area (Å²) in [5.41, 5.74) is 16.6. The molecule has 0 fully saturated rings. The third kappa shape index (κ3) is 5.24. The first-order chi connectivity index (χ1) is 27.7. The van der Waals surface area contributed by atoms with Crippen LogP contribution in [0.4, 0.5) is 28.4 Å². The van der Waals surface area contributed by atoms with Crippen molar-refractivity contribution >= 4 is 79.4 Å². The monoisotopic (exact) mass is 716 g/mol. The van der Waals surface area contributed by atoms with Gasteiger partial charge in [-0.2, -0.15) is 0 Å². The molecule has 1 aliphatic rings. The molecule has 1 radical (unpaired) electrons. The SMILES string of the molecule is Cc1ccc(Nc2ccccc2-c2cc(N(c3ccccc3)c3ccccc3)c3c4ccccc4n4c3c2[B]c2cc3oc(-c5ccccc5)cc3cc2-4)cc1. The van der Waals surface area contributed by atoms with Crippen molar-refractivity contribution in [3.05, 3.63) is 194 Å². The molecular formula is C51H35BN3O. The molecular weight excluding hydrogens is 681 g/mol. The van der Waals surface area contributed by atoms with Crippen LogP contribution >= 0.6 is 0 Å². The van der Waals surface area contributed by atoms with Crippen LogP contribution in [0.2, 0.25) is 0 Å². The molecule has 0 aliphatic carbocycles. The number of anilines is 5. The third-order valence-corrected chi connectivity index (χ3v) is 11.0. The molecule has 2 aromatic heterocycles. The zero-order chi connectivity index (χ0) is 37.2. The van der Waals surface area contributed by atoms with Crippen LogP contribution in [-0.4, -0.2) is 11.8 Å². The number of para-hydroxylation sites is 4. The van der Waals surface area contributed by atoms with Crippen molar-refractivity contribution in [2.45, 2.75) is 6.92 Å². The van der Waals surface area contributed by atoms with E-state index in [0.29, 0.717) is 0 Å². The highest BCUT2D eigenvalue weighted by Crippen LogP contribution is 2.47. The Bertz CT molecular complexity index is 3040. The molecule has 1 aliphatic heterocycles. The van der Waals surface area contributed by atoms with Crippen LogP contribution in [-0.2, 0) is 0 Å². The minimum absolute atomic E-state index is 0.864. The first kappa shape index (κ1) is 32.2. The van der Waals surface area contributed by atoms with Gasteiger partial charge in [0.1, 0.15) is 11.3 Å². The van der Waals surface area contributed by atoms with Crippen molar-refractivity contribution in [1.29, 1.82) is 0 Å². The second-order valence-corrected chi connectivity index (χ2v) is 14.5. The van der Waals surface area contributed by atoms with E-state index < -0.39 is 0 Å². The number of rotatable bonds is 7. The van der Waals surface area contributed by atoms with E-state index in [1.54, 1.807) is 0 Å². The Hall–Kier alpha value is -7.24. The zero-order valence-corrected chi connectivity index (χ0v) is 30.8. The number of hydrogen-bond donors (Lipinski definition) is 1. The molecule has 5 heteroatoms. The summed E-state index contributed by atoms with van der Waals surface area (Å²) in [6, 6.07) is 67.0. The van der Waals surface area contributed by atoms with Crippen molar-refractivity contribution in [1.82, 2.24) is 4.57 Å². The number of nitrogens with one attached hydrogen (secondary N) is 1. The molecule has 10 aromatic rings. The van der Waals surface area contributed by atoms with Crippen LogP contribution in [0.15, 0.2) is 192 Å². The summed E-state index contributed by atoms with van der Waals surface area (Å²) in [7, 11) is 2.37. The fourth-order valence-electron chi connectivity index (χ4n) is 8.46. The largest absolute Gasteiger partial charge is 0.456 e. The van der Waals surface area contributed by atoms with Gasteiger partial charge in [-0.1, -0.05) is 126 Å². The van der Waals surface area contributed by atoms with Crippen LogP contribution in [0.1, 0.15) is 5.56 Å². The molecule has 3 heterocycles. The number of aromatic nitrogens is 1. The molecule has 1 N–H and O–H groups in total. The summed E-state index contributed by atoms with van der Waals surface area (Å²) >= 11 is 0. The Kier molecular flexibility index (Phi) is 7.46. The van der Waals surface area contributed by atoms with Gasteiger partial charge in [-0.3, -0.25) is 0 Å².